The van der Waals surface area contributed by atoms with E-state index in [2.05, 4.69) is 14.9 Å². The first-order chi connectivity index (χ1) is 9.71. The molecule has 0 unspecified atom stereocenters. The molecule has 20 heavy (non-hydrogen) atoms. The van der Waals surface area contributed by atoms with Gasteiger partial charge in [0.15, 0.2) is 0 Å². The summed E-state index contributed by atoms with van der Waals surface area (Å²) < 4.78 is 10.4. The Morgan fingerprint density at radius 1 is 0.900 bits per heavy atom. The first kappa shape index (κ1) is 14.3. The van der Waals surface area contributed by atoms with Crippen molar-refractivity contribution < 1.29 is 9.47 Å². The number of pyridine rings is 2. The molecule has 0 aromatic carbocycles. The second-order valence-electron chi connectivity index (χ2n) is 4.55. The van der Waals surface area contributed by atoms with Gasteiger partial charge in [-0.25, -0.2) is 0 Å². The molecule has 0 saturated carbocycles. The zero-order valence-corrected chi connectivity index (χ0v) is 12.0. The molecule has 0 spiro atoms. The van der Waals surface area contributed by atoms with Gasteiger partial charge >= 0.3 is 0 Å². The first-order valence-corrected chi connectivity index (χ1v) is 6.37. The summed E-state index contributed by atoms with van der Waals surface area (Å²) in [6.45, 7) is 1.46. The lowest BCUT2D eigenvalue weighted by Gasteiger charge is -2.16. The molecule has 0 bridgehead atoms. The van der Waals surface area contributed by atoms with Crippen molar-refractivity contribution in [3.63, 3.8) is 0 Å². The minimum atomic E-state index is 0.732. The number of rotatable bonds is 6. The van der Waals surface area contributed by atoms with Crippen LogP contribution < -0.4 is 9.47 Å². The SMILES string of the molecule is COc1ccnc(CN(C)Cc2cc(OC)ccn2)c1. The molecule has 2 rings (SSSR count). The van der Waals surface area contributed by atoms with E-state index in [0.717, 1.165) is 36.0 Å². The predicted molar refractivity (Wildman–Crippen MR) is 76.7 cm³/mol. The van der Waals surface area contributed by atoms with E-state index in [9.17, 15) is 0 Å². The van der Waals surface area contributed by atoms with E-state index in [1.54, 1.807) is 26.6 Å². The average molecular weight is 273 g/mol. The molecule has 106 valence electrons. The van der Waals surface area contributed by atoms with Gasteiger partial charge in [-0.2, -0.15) is 0 Å². The van der Waals surface area contributed by atoms with Crippen LogP contribution >= 0.6 is 0 Å². The second-order valence-corrected chi connectivity index (χ2v) is 4.55. The van der Waals surface area contributed by atoms with Gasteiger partial charge in [0.05, 0.1) is 25.6 Å². The number of hydrogen-bond donors (Lipinski definition) is 0. The number of nitrogens with zero attached hydrogens (tertiary/aromatic N) is 3. The fourth-order valence-corrected chi connectivity index (χ4v) is 1.95. The molecule has 0 aliphatic heterocycles. The summed E-state index contributed by atoms with van der Waals surface area (Å²) in [5.41, 5.74) is 1.93. The lowest BCUT2D eigenvalue weighted by Crippen LogP contribution is -2.18. The van der Waals surface area contributed by atoms with Crippen molar-refractivity contribution in [1.82, 2.24) is 14.9 Å². The summed E-state index contributed by atoms with van der Waals surface area (Å²) in [5, 5.41) is 0. The smallest absolute Gasteiger partial charge is 0.122 e. The van der Waals surface area contributed by atoms with Gasteiger partial charge in [-0.15, -0.1) is 0 Å². The number of methoxy groups -OCH3 is 2. The molecule has 0 aliphatic rings. The van der Waals surface area contributed by atoms with E-state index >= 15 is 0 Å². The Morgan fingerprint density at radius 2 is 1.35 bits per heavy atom. The molecule has 2 aromatic rings. The monoisotopic (exact) mass is 273 g/mol. The third kappa shape index (κ3) is 3.93. The summed E-state index contributed by atoms with van der Waals surface area (Å²) in [6.07, 6.45) is 3.51. The third-order valence-corrected chi connectivity index (χ3v) is 2.91. The summed E-state index contributed by atoms with van der Waals surface area (Å²) in [7, 11) is 5.34. The van der Waals surface area contributed by atoms with Crippen LogP contribution in [0.15, 0.2) is 36.7 Å². The number of aromatic nitrogens is 2. The van der Waals surface area contributed by atoms with E-state index < -0.39 is 0 Å². The predicted octanol–water partition coefficient (Wildman–Crippen LogP) is 2.13. The number of hydrogen-bond acceptors (Lipinski definition) is 5. The van der Waals surface area contributed by atoms with Crippen molar-refractivity contribution in [2.75, 3.05) is 21.3 Å². The summed E-state index contributed by atoms with van der Waals surface area (Å²) >= 11 is 0. The van der Waals surface area contributed by atoms with Gasteiger partial charge in [0.2, 0.25) is 0 Å². The van der Waals surface area contributed by atoms with Crippen LogP contribution in [0, 0.1) is 0 Å². The maximum absolute atomic E-state index is 5.20. The normalized spacial score (nSPS) is 10.6. The molecule has 0 fully saturated rings. The summed E-state index contributed by atoms with van der Waals surface area (Å²) in [6, 6.07) is 7.56. The van der Waals surface area contributed by atoms with Gasteiger partial charge in [-0.3, -0.25) is 14.9 Å². The topological polar surface area (TPSA) is 47.5 Å². The Morgan fingerprint density at radius 3 is 1.75 bits per heavy atom. The second kappa shape index (κ2) is 6.86. The first-order valence-electron chi connectivity index (χ1n) is 6.37. The molecule has 0 atom stereocenters. The highest BCUT2D eigenvalue weighted by atomic mass is 16.5. The van der Waals surface area contributed by atoms with Crippen molar-refractivity contribution in [1.29, 1.82) is 0 Å². The molecule has 0 aliphatic carbocycles. The average Bonchev–Trinajstić information content (AvgIpc) is 2.47. The zero-order chi connectivity index (χ0) is 14.4. The van der Waals surface area contributed by atoms with Crippen LogP contribution in [0.4, 0.5) is 0 Å². The lowest BCUT2D eigenvalue weighted by atomic mass is 10.3. The minimum absolute atomic E-state index is 0.732. The molecule has 2 heterocycles. The van der Waals surface area contributed by atoms with Crippen LogP contribution in [0.2, 0.25) is 0 Å². The molecule has 5 nitrogen and oxygen atoms in total. The van der Waals surface area contributed by atoms with Crippen molar-refractivity contribution in [3.8, 4) is 11.5 Å². The van der Waals surface area contributed by atoms with Crippen molar-refractivity contribution >= 4 is 0 Å². The molecule has 0 amide bonds. The van der Waals surface area contributed by atoms with Crippen LogP contribution in [-0.4, -0.2) is 36.1 Å². The maximum atomic E-state index is 5.20. The highest BCUT2D eigenvalue weighted by Crippen LogP contribution is 2.14. The van der Waals surface area contributed by atoms with E-state index in [4.69, 9.17) is 9.47 Å². The van der Waals surface area contributed by atoms with Crippen LogP contribution in [0.5, 0.6) is 11.5 Å². The fourth-order valence-electron chi connectivity index (χ4n) is 1.95. The van der Waals surface area contributed by atoms with Crippen LogP contribution in [0.25, 0.3) is 0 Å². The Hall–Kier alpha value is -2.14. The quantitative estimate of drug-likeness (QED) is 0.807. The number of ether oxygens (including phenoxy) is 2. The van der Waals surface area contributed by atoms with Crippen LogP contribution in [0.1, 0.15) is 11.4 Å². The molecule has 0 radical (unpaired) electrons. The van der Waals surface area contributed by atoms with E-state index in [1.807, 2.05) is 31.3 Å². The summed E-state index contributed by atoms with van der Waals surface area (Å²) in [4.78, 5) is 10.8. The molecule has 2 aromatic heterocycles. The van der Waals surface area contributed by atoms with E-state index in [1.165, 1.54) is 0 Å². The highest BCUT2D eigenvalue weighted by molar-refractivity contribution is 5.23. The largest absolute Gasteiger partial charge is 0.497 e. The zero-order valence-electron chi connectivity index (χ0n) is 12.0. The van der Waals surface area contributed by atoms with Crippen molar-refractivity contribution in [3.05, 3.63) is 48.0 Å². The van der Waals surface area contributed by atoms with Crippen molar-refractivity contribution in [2.45, 2.75) is 13.1 Å². The van der Waals surface area contributed by atoms with Gasteiger partial charge in [-0.1, -0.05) is 0 Å². The van der Waals surface area contributed by atoms with Crippen LogP contribution in [-0.2, 0) is 13.1 Å². The van der Waals surface area contributed by atoms with Gasteiger partial charge < -0.3 is 9.47 Å². The van der Waals surface area contributed by atoms with E-state index in [-0.39, 0.29) is 0 Å². The van der Waals surface area contributed by atoms with Gasteiger partial charge in [-0.05, 0) is 19.2 Å². The fraction of sp³-hybridized carbons (Fsp3) is 0.333. The van der Waals surface area contributed by atoms with Gasteiger partial charge in [0, 0.05) is 37.6 Å². The van der Waals surface area contributed by atoms with Crippen molar-refractivity contribution in [2.24, 2.45) is 0 Å². The Bertz CT molecular complexity index is 511. The highest BCUT2D eigenvalue weighted by Gasteiger charge is 2.05. The molecular formula is C15H19N3O2. The van der Waals surface area contributed by atoms with Crippen LogP contribution in [0.3, 0.4) is 0 Å². The Kier molecular flexibility index (Phi) is 4.90. The summed E-state index contributed by atoms with van der Waals surface area (Å²) in [5.74, 6) is 1.64. The Balaban J connectivity index is 1.99. The van der Waals surface area contributed by atoms with Gasteiger partial charge in [0.1, 0.15) is 11.5 Å². The van der Waals surface area contributed by atoms with E-state index in [0.29, 0.717) is 0 Å². The lowest BCUT2D eigenvalue weighted by molar-refractivity contribution is 0.309. The molecule has 0 saturated heterocycles. The third-order valence-electron chi connectivity index (χ3n) is 2.91. The molecule has 5 heteroatoms. The van der Waals surface area contributed by atoms with Gasteiger partial charge in [0.25, 0.3) is 0 Å². The Labute approximate surface area is 119 Å². The molecular weight excluding hydrogens is 254 g/mol. The standard InChI is InChI=1S/C15H19N3O2/c1-18(10-12-8-14(19-2)4-6-16-12)11-13-9-15(20-3)5-7-17-13/h4-9H,10-11H2,1-3H3. The minimum Gasteiger partial charge on any atom is -0.497 e. The maximum Gasteiger partial charge on any atom is 0.122 e. The molecule has 0 N–H and O–H groups in total.